The van der Waals surface area contributed by atoms with Crippen molar-refractivity contribution in [1.29, 1.82) is 0 Å². The van der Waals surface area contributed by atoms with Crippen LogP contribution in [0.15, 0.2) is 12.1 Å². The van der Waals surface area contributed by atoms with Crippen molar-refractivity contribution in [3.05, 3.63) is 28.8 Å². The van der Waals surface area contributed by atoms with Crippen LogP contribution in [0.1, 0.15) is 16.7 Å². The molecule has 3 heteroatoms. The average molecular weight is 193 g/mol. The first-order valence-electron chi connectivity index (χ1n) is 4.82. The molecule has 1 N–H and O–H groups in total. The van der Waals surface area contributed by atoms with Gasteiger partial charge in [0.1, 0.15) is 5.75 Å². The van der Waals surface area contributed by atoms with Crippen molar-refractivity contribution in [2.24, 2.45) is 0 Å². The molecule has 0 aromatic heterocycles. The van der Waals surface area contributed by atoms with E-state index in [1.807, 2.05) is 0 Å². The maximum atomic E-state index is 5.54. The number of fused-ring (bicyclic) bond motifs is 1. The Bertz CT molecular complexity index is 336. The molecule has 1 heterocycles. The highest BCUT2D eigenvalue weighted by atomic mass is 16.6. The quantitative estimate of drug-likeness (QED) is 0.739. The zero-order chi connectivity index (χ0) is 9.97. The molecule has 0 radical (unpaired) electrons. The molecule has 1 aromatic rings. The van der Waals surface area contributed by atoms with Crippen LogP contribution in [-0.4, -0.2) is 13.7 Å². The Labute approximate surface area is 84.0 Å². The second kappa shape index (κ2) is 3.98. The summed E-state index contributed by atoms with van der Waals surface area (Å²) in [7, 11) is 1.63. The van der Waals surface area contributed by atoms with Gasteiger partial charge in [0, 0.05) is 13.0 Å². The second-order valence-corrected chi connectivity index (χ2v) is 3.52. The standard InChI is InChI=1S/C11H15NO2/c1-8-5-9(7-12-13-2)6-10-3-4-14-11(8)10/h5-6,12H,3-4,7H2,1-2H3. The van der Waals surface area contributed by atoms with Crippen molar-refractivity contribution in [2.45, 2.75) is 19.9 Å². The number of rotatable bonds is 3. The Balaban J connectivity index is 2.23. The number of hydroxylamine groups is 1. The highest BCUT2D eigenvalue weighted by molar-refractivity contribution is 5.46. The Morgan fingerprint density at radius 3 is 3.14 bits per heavy atom. The van der Waals surface area contributed by atoms with Crippen molar-refractivity contribution in [1.82, 2.24) is 5.48 Å². The van der Waals surface area contributed by atoms with E-state index in [1.165, 1.54) is 16.7 Å². The summed E-state index contributed by atoms with van der Waals surface area (Å²) < 4.78 is 5.54. The Kier molecular flexibility index (Phi) is 2.70. The smallest absolute Gasteiger partial charge is 0.125 e. The molecule has 0 saturated carbocycles. The lowest BCUT2D eigenvalue weighted by Crippen LogP contribution is -2.10. The summed E-state index contributed by atoms with van der Waals surface area (Å²) in [5.41, 5.74) is 6.62. The third kappa shape index (κ3) is 1.74. The molecule has 0 aliphatic carbocycles. The van der Waals surface area contributed by atoms with Gasteiger partial charge in [0.25, 0.3) is 0 Å². The number of nitrogens with one attached hydrogen (secondary N) is 1. The van der Waals surface area contributed by atoms with Gasteiger partial charge >= 0.3 is 0 Å². The molecule has 0 unspecified atom stereocenters. The summed E-state index contributed by atoms with van der Waals surface area (Å²) in [5.74, 6) is 1.08. The van der Waals surface area contributed by atoms with Gasteiger partial charge in [0.05, 0.1) is 13.7 Å². The molecule has 1 aliphatic heterocycles. The van der Waals surface area contributed by atoms with Gasteiger partial charge in [-0.25, -0.2) is 0 Å². The van der Waals surface area contributed by atoms with E-state index >= 15 is 0 Å². The lowest BCUT2D eigenvalue weighted by molar-refractivity contribution is 0.0867. The van der Waals surface area contributed by atoms with E-state index in [9.17, 15) is 0 Å². The van der Waals surface area contributed by atoms with E-state index in [4.69, 9.17) is 9.57 Å². The van der Waals surface area contributed by atoms with Gasteiger partial charge in [0.2, 0.25) is 0 Å². The van der Waals surface area contributed by atoms with Crippen LogP contribution in [0.5, 0.6) is 5.75 Å². The van der Waals surface area contributed by atoms with Gasteiger partial charge in [-0.1, -0.05) is 12.1 Å². The van der Waals surface area contributed by atoms with Crippen molar-refractivity contribution < 1.29 is 9.57 Å². The van der Waals surface area contributed by atoms with Crippen LogP contribution >= 0.6 is 0 Å². The van der Waals surface area contributed by atoms with Gasteiger partial charge in [0.15, 0.2) is 0 Å². The normalized spacial score (nSPS) is 13.9. The van der Waals surface area contributed by atoms with Crippen molar-refractivity contribution in [2.75, 3.05) is 13.7 Å². The molecule has 76 valence electrons. The van der Waals surface area contributed by atoms with Gasteiger partial charge in [-0.2, -0.15) is 5.48 Å². The van der Waals surface area contributed by atoms with Crippen LogP contribution in [-0.2, 0) is 17.8 Å². The molecule has 1 aliphatic rings. The largest absolute Gasteiger partial charge is 0.493 e. The Hall–Kier alpha value is -1.06. The predicted octanol–water partition coefficient (Wildman–Crippen LogP) is 1.58. The molecule has 3 nitrogen and oxygen atoms in total. The Morgan fingerprint density at radius 1 is 1.50 bits per heavy atom. The maximum absolute atomic E-state index is 5.54. The lowest BCUT2D eigenvalue weighted by Gasteiger charge is -2.07. The molecule has 2 rings (SSSR count). The monoisotopic (exact) mass is 193 g/mol. The molecule has 0 bridgehead atoms. The van der Waals surface area contributed by atoms with Crippen molar-refractivity contribution in [3.8, 4) is 5.75 Å². The highest BCUT2D eigenvalue weighted by Crippen LogP contribution is 2.30. The third-order valence-electron chi connectivity index (χ3n) is 2.45. The van der Waals surface area contributed by atoms with E-state index in [2.05, 4.69) is 24.5 Å². The number of hydrogen-bond acceptors (Lipinski definition) is 3. The molecule has 0 spiro atoms. The zero-order valence-electron chi connectivity index (χ0n) is 8.59. The fourth-order valence-electron chi connectivity index (χ4n) is 1.84. The van der Waals surface area contributed by atoms with Gasteiger partial charge in [-0.05, 0) is 23.6 Å². The zero-order valence-corrected chi connectivity index (χ0v) is 8.59. The first-order chi connectivity index (χ1) is 6.81. The van der Waals surface area contributed by atoms with Gasteiger partial charge in [-0.3, -0.25) is 0 Å². The molecular weight excluding hydrogens is 178 g/mol. The third-order valence-corrected chi connectivity index (χ3v) is 2.45. The van der Waals surface area contributed by atoms with E-state index in [0.29, 0.717) is 0 Å². The average Bonchev–Trinajstić information content (AvgIpc) is 2.63. The lowest BCUT2D eigenvalue weighted by atomic mass is 10.0. The fraction of sp³-hybridized carbons (Fsp3) is 0.455. The summed E-state index contributed by atoms with van der Waals surface area (Å²) in [4.78, 5) is 4.82. The van der Waals surface area contributed by atoms with Crippen molar-refractivity contribution in [3.63, 3.8) is 0 Å². The number of aryl methyl sites for hydroxylation is 1. The maximum Gasteiger partial charge on any atom is 0.125 e. The molecule has 0 atom stereocenters. The van der Waals surface area contributed by atoms with Crippen LogP contribution in [0.4, 0.5) is 0 Å². The minimum Gasteiger partial charge on any atom is -0.493 e. The second-order valence-electron chi connectivity index (χ2n) is 3.52. The fourth-order valence-corrected chi connectivity index (χ4v) is 1.84. The number of hydrogen-bond donors (Lipinski definition) is 1. The summed E-state index contributed by atoms with van der Waals surface area (Å²) in [6.07, 6.45) is 1.02. The first kappa shape index (κ1) is 9.49. The molecule has 14 heavy (non-hydrogen) atoms. The first-order valence-corrected chi connectivity index (χ1v) is 4.82. The van der Waals surface area contributed by atoms with E-state index in [1.54, 1.807) is 7.11 Å². The molecular formula is C11H15NO2. The van der Waals surface area contributed by atoms with Crippen LogP contribution < -0.4 is 10.2 Å². The van der Waals surface area contributed by atoms with E-state index < -0.39 is 0 Å². The van der Waals surface area contributed by atoms with Crippen molar-refractivity contribution >= 4 is 0 Å². The van der Waals surface area contributed by atoms with Crippen LogP contribution in [0.25, 0.3) is 0 Å². The van der Waals surface area contributed by atoms with Gasteiger partial charge in [-0.15, -0.1) is 0 Å². The van der Waals surface area contributed by atoms with Crippen LogP contribution in [0.3, 0.4) is 0 Å². The number of benzene rings is 1. The Morgan fingerprint density at radius 2 is 2.36 bits per heavy atom. The minimum absolute atomic E-state index is 0.741. The summed E-state index contributed by atoms with van der Waals surface area (Å²) in [6, 6.07) is 4.32. The van der Waals surface area contributed by atoms with E-state index in [-0.39, 0.29) is 0 Å². The molecule has 0 fully saturated rings. The molecule has 0 saturated heterocycles. The SMILES string of the molecule is CONCc1cc(C)c2c(c1)CCO2. The predicted molar refractivity (Wildman–Crippen MR) is 54.2 cm³/mol. The number of ether oxygens (including phenoxy) is 1. The molecule has 1 aromatic carbocycles. The van der Waals surface area contributed by atoms with Crippen LogP contribution in [0.2, 0.25) is 0 Å². The van der Waals surface area contributed by atoms with E-state index in [0.717, 1.165) is 25.3 Å². The van der Waals surface area contributed by atoms with Crippen LogP contribution in [0, 0.1) is 6.92 Å². The highest BCUT2D eigenvalue weighted by Gasteiger charge is 2.15. The van der Waals surface area contributed by atoms with Gasteiger partial charge < -0.3 is 9.57 Å². The minimum atomic E-state index is 0.741. The topological polar surface area (TPSA) is 30.5 Å². The summed E-state index contributed by atoms with van der Waals surface area (Å²) in [6.45, 7) is 3.64. The summed E-state index contributed by atoms with van der Waals surface area (Å²) >= 11 is 0. The molecule has 0 amide bonds. The summed E-state index contributed by atoms with van der Waals surface area (Å²) in [5, 5.41) is 0.